The van der Waals surface area contributed by atoms with Gasteiger partial charge in [0.05, 0.1) is 0 Å². The summed E-state index contributed by atoms with van der Waals surface area (Å²) in [5, 5.41) is 8.63. The molecule has 0 bridgehead atoms. The molecular formula is C22H29N. The van der Waals surface area contributed by atoms with Gasteiger partial charge in [-0.1, -0.05) is 75.2 Å². The number of fused-ring (bicyclic) bond motifs is 2. The molecule has 3 aromatic carbocycles. The van der Waals surface area contributed by atoms with Crippen LogP contribution in [0.4, 0.5) is 0 Å². The van der Waals surface area contributed by atoms with Gasteiger partial charge in [-0.2, -0.15) is 0 Å². The van der Waals surface area contributed by atoms with Gasteiger partial charge in [0.2, 0.25) is 0 Å². The van der Waals surface area contributed by atoms with Crippen LogP contribution in [0.1, 0.15) is 39.5 Å². The van der Waals surface area contributed by atoms with Gasteiger partial charge in [-0.15, -0.1) is 0 Å². The number of unbranched alkanes of at least 4 members (excludes halogenated alkanes) is 2. The molecule has 0 spiro atoms. The second kappa shape index (κ2) is 10.0. The van der Waals surface area contributed by atoms with E-state index in [1.54, 1.807) is 0 Å². The van der Waals surface area contributed by atoms with Gasteiger partial charge in [0.25, 0.3) is 0 Å². The van der Waals surface area contributed by atoms with Crippen molar-refractivity contribution in [2.75, 3.05) is 13.1 Å². The van der Waals surface area contributed by atoms with E-state index in [0.29, 0.717) is 0 Å². The summed E-state index contributed by atoms with van der Waals surface area (Å²) >= 11 is 0. The first kappa shape index (κ1) is 17.5. The fraction of sp³-hybridized carbons (Fsp3) is 0.364. The van der Waals surface area contributed by atoms with Crippen LogP contribution in [0.5, 0.6) is 0 Å². The third-order valence-electron chi connectivity index (χ3n) is 4.03. The summed E-state index contributed by atoms with van der Waals surface area (Å²) in [5.41, 5.74) is 0. The maximum absolute atomic E-state index is 3.39. The zero-order chi connectivity index (χ0) is 16.3. The van der Waals surface area contributed by atoms with Gasteiger partial charge < -0.3 is 5.32 Å². The number of hydrogen-bond acceptors (Lipinski definition) is 1. The van der Waals surface area contributed by atoms with Gasteiger partial charge in [0.1, 0.15) is 0 Å². The van der Waals surface area contributed by atoms with Crippen LogP contribution in [-0.4, -0.2) is 13.1 Å². The largest absolute Gasteiger partial charge is 0.317 e. The SMILES string of the molecule is CCCCNCCCC.c1ccc2cc3ccccc3cc2c1. The normalized spacial score (nSPS) is 10.5. The maximum atomic E-state index is 3.39. The monoisotopic (exact) mass is 307 g/mol. The highest BCUT2D eigenvalue weighted by molar-refractivity contribution is 5.98. The summed E-state index contributed by atoms with van der Waals surface area (Å²) in [7, 11) is 0. The summed E-state index contributed by atoms with van der Waals surface area (Å²) in [4.78, 5) is 0. The van der Waals surface area contributed by atoms with Crippen molar-refractivity contribution < 1.29 is 0 Å². The van der Waals surface area contributed by atoms with Crippen LogP contribution in [0.2, 0.25) is 0 Å². The molecule has 122 valence electrons. The summed E-state index contributed by atoms with van der Waals surface area (Å²) in [6.07, 6.45) is 5.26. The maximum Gasteiger partial charge on any atom is -0.00490 e. The zero-order valence-electron chi connectivity index (χ0n) is 14.5. The molecule has 0 saturated heterocycles. The van der Waals surface area contributed by atoms with Gasteiger partial charge in [-0.05, 0) is 59.6 Å². The smallest absolute Gasteiger partial charge is 0.00490 e. The van der Waals surface area contributed by atoms with Gasteiger partial charge >= 0.3 is 0 Å². The fourth-order valence-electron chi connectivity index (χ4n) is 2.61. The van der Waals surface area contributed by atoms with Crippen molar-refractivity contribution in [1.82, 2.24) is 5.32 Å². The Balaban J connectivity index is 0.000000188. The second-order valence-electron chi connectivity index (χ2n) is 6.00. The lowest BCUT2D eigenvalue weighted by molar-refractivity contribution is 0.611. The third kappa shape index (κ3) is 5.69. The van der Waals surface area contributed by atoms with Crippen molar-refractivity contribution >= 4 is 21.5 Å². The highest BCUT2D eigenvalue weighted by atomic mass is 14.8. The minimum Gasteiger partial charge on any atom is -0.317 e. The summed E-state index contributed by atoms with van der Waals surface area (Å²) in [5.74, 6) is 0. The van der Waals surface area contributed by atoms with Crippen LogP contribution >= 0.6 is 0 Å². The summed E-state index contributed by atoms with van der Waals surface area (Å²) < 4.78 is 0. The molecule has 3 rings (SSSR count). The first-order valence-corrected chi connectivity index (χ1v) is 8.93. The zero-order valence-corrected chi connectivity index (χ0v) is 14.5. The lowest BCUT2D eigenvalue weighted by atomic mass is 10.0. The average molecular weight is 307 g/mol. The highest BCUT2D eigenvalue weighted by Crippen LogP contribution is 2.21. The molecule has 0 atom stereocenters. The molecule has 0 amide bonds. The van der Waals surface area contributed by atoms with E-state index in [4.69, 9.17) is 0 Å². The second-order valence-corrected chi connectivity index (χ2v) is 6.00. The Morgan fingerprint density at radius 3 is 1.26 bits per heavy atom. The summed E-state index contributed by atoms with van der Waals surface area (Å²) in [6.45, 7) is 6.86. The van der Waals surface area contributed by atoms with Crippen LogP contribution in [0, 0.1) is 0 Å². The predicted molar refractivity (Wildman–Crippen MR) is 104 cm³/mol. The lowest BCUT2D eigenvalue weighted by Crippen LogP contribution is -2.15. The molecule has 0 aliphatic carbocycles. The van der Waals surface area contributed by atoms with Gasteiger partial charge in [0.15, 0.2) is 0 Å². The van der Waals surface area contributed by atoms with Crippen molar-refractivity contribution in [1.29, 1.82) is 0 Å². The molecule has 23 heavy (non-hydrogen) atoms. The molecule has 0 radical (unpaired) electrons. The molecule has 1 N–H and O–H groups in total. The molecule has 1 nitrogen and oxygen atoms in total. The van der Waals surface area contributed by atoms with E-state index in [9.17, 15) is 0 Å². The van der Waals surface area contributed by atoms with Crippen molar-refractivity contribution in [2.24, 2.45) is 0 Å². The van der Waals surface area contributed by atoms with Gasteiger partial charge in [0, 0.05) is 0 Å². The molecular weight excluding hydrogens is 278 g/mol. The molecule has 0 aromatic heterocycles. The molecule has 0 fully saturated rings. The average Bonchev–Trinajstić information content (AvgIpc) is 2.60. The third-order valence-corrected chi connectivity index (χ3v) is 4.03. The Labute approximate surface area is 140 Å². The number of hydrogen-bond donors (Lipinski definition) is 1. The Kier molecular flexibility index (Phi) is 7.62. The van der Waals surface area contributed by atoms with Gasteiger partial charge in [-0.25, -0.2) is 0 Å². The van der Waals surface area contributed by atoms with E-state index in [1.807, 2.05) is 0 Å². The highest BCUT2D eigenvalue weighted by Gasteiger charge is 1.95. The first-order valence-electron chi connectivity index (χ1n) is 8.93. The van der Waals surface area contributed by atoms with Crippen LogP contribution in [0.3, 0.4) is 0 Å². The van der Waals surface area contributed by atoms with Crippen LogP contribution < -0.4 is 5.32 Å². The fourth-order valence-corrected chi connectivity index (χ4v) is 2.61. The Bertz CT molecular complexity index is 591. The molecule has 0 aliphatic heterocycles. The van der Waals surface area contributed by atoms with Crippen molar-refractivity contribution in [2.45, 2.75) is 39.5 Å². The molecule has 0 unspecified atom stereocenters. The van der Waals surface area contributed by atoms with Crippen LogP contribution in [0.25, 0.3) is 21.5 Å². The number of benzene rings is 3. The van der Waals surface area contributed by atoms with E-state index in [2.05, 4.69) is 79.8 Å². The molecule has 3 aromatic rings. The van der Waals surface area contributed by atoms with Crippen molar-refractivity contribution in [3.05, 3.63) is 60.7 Å². The molecule has 0 saturated carbocycles. The van der Waals surface area contributed by atoms with E-state index in [-0.39, 0.29) is 0 Å². The predicted octanol–water partition coefficient (Wildman–Crippen LogP) is 6.17. The topological polar surface area (TPSA) is 12.0 Å². The quantitative estimate of drug-likeness (QED) is 0.424. The van der Waals surface area contributed by atoms with E-state index < -0.39 is 0 Å². The van der Waals surface area contributed by atoms with E-state index in [1.165, 1.54) is 60.3 Å². The van der Waals surface area contributed by atoms with E-state index >= 15 is 0 Å². The first-order chi connectivity index (χ1) is 11.3. The van der Waals surface area contributed by atoms with Gasteiger partial charge in [-0.3, -0.25) is 0 Å². The Morgan fingerprint density at radius 1 is 0.609 bits per heavy atom. The van der Waals surface area contributed by atoms with Crippen LogP contribution in [0.15, 0.2) is 60.7 Å². The lowest BCUT2D eigenvalue weighted by Gasteiger charge is -2.00. The molecule has 0 aliphatic rings. The molecule has 0 heterocycles. The summed E-state index contributed by atoms with van der Waals surface area (Å²) in [6, 6.07) is 21.4. The molecule has 1 heteroatoms. The standard InChI is InChI=1S/C14H10.C8H19N/c1-2-6-12-10-14-8-4-3-7-13(14)9-11(12)5-1;1-3-5-7-9-8-6-4-2/h1-10H;9H,3-8H2,1-2H3. The number of rotatable bonds is 6. The van der Waals surface area contributed by atoms with Crippen molar-refractivity contribution in [3.63, 3.8) is 0 Å². The minimum absolute atomic E-state index is 1.20. The van der Waals surface area contributed by atoms with Crippen LogP contribution in [-0.2, 0) is 0 Å². The Hall–Kier alpha value is -1.86. The van der Waals surface area contributed by atoms with Crippen molar-refractivity contribution in [3.8, 4) is 0 Å². The minimum atomic E-state index is 1.20. The van der Waals surface area contributed by atoms with E-state index in [0.717, 1.165) is 0 Å². The Morgan fingerprint density at radius 2 is 0.957 bits per heavy atom. The number of nitrogens with one attached hydrogen (secondary N) is 1.